The molecule has 0 aliphatic carbocycles. The fourth-order valence-corrected chi connectivity index (χ4v) is 2.30. The van der Waals surface area contributed by atoms with Gasteiger partial charge < -0.3 is 14.8 Å². The number of aliphatic carboxylic acids is 1. The van der Waals surface area contributed by atoms with Crippen molar-refractivity contribution in [2.75, 3.05) is 6.54 Å². The highest BCUT2D eigenvalue weighted by atomic mass is 28.4. The molecule has 0 bridgehead atoms. The van der Waals surface area contributed by atoms with Crippen LogP contribution in [0.1, 0.15) is 33.6 Å². The van der Waals surface area contributed by atoms with Crippen molar-refractivity contribution < 1.29 is 19.6 Å². The normalized spacial score (nSPS) is 25.8. The second-order valence-electron chi connectivity index (χ2n) is 6.49. The first-order valence-electron chi connectivity index (χ1n) is 6.43. The van der Waals surface area contributed by atoms with E-state index in [0.717, 1.165) is 0 Å². The Bertz CT molecular complexity index is 345. The molecule has 0 aromatic rings. The third-order valence-electron chi connectivity index (χ3n) is 4.14. The Morgan fingerprint density at radius 1 is 1.42 bits per heavy atom. The van der Waals surface area contributed by atoms with Crippen LogP contribution in [0.25, 0.3) is 0 Å². The molecule has 112 valence electrons. The van der Waals surface area contributed by atoms with Crippen LogP contribution in [0, 0.1) is 0 Å². The molecule has 1 fully saturated rings. The summed E-state index contributed by atoms with van der Waals surface area (Å²) < 4.78 is 5.79. The molecule has 7 nitrogen and oxygen atoms in total. The van der Waals surface area contributed by atoms with Gasteiger partial charge in [-0.05, 0) is 31.0 Å². The molecule has 1 saturated heterocycles. The highest BCUT2D eigenvalue weighted by molar-refractivity contribution is 6.74. The molecule has 19 heavy (non-hydrogen) atoms. The number of nitrogens with zero attached hydrogens (tertiary/aromatic N) is 1. The minimum atomic E-state index is -2.04. The number of hydrazine groups is 1. The van der Waals surface area contributed by atoms with Crippen molar-refractivity contribution in [1.29, 1.82) is 0 Å². The first kappa shape index (κ1) is 16.5. The van der Waals surface area contributed by atoms with Crippen LogP contribution in [-0.2, 0) is 9.32 Å². The van der Waals surface area contributed by atoms with E-state index in [4.69, 9.17) is 4.53 Å². The van der Waals surface area contributed by atoms with Gasteiger partial charge in [-0.3, -0.25) is 0 Å². The summed E-state index contributed by atoms with van der Waals surface area (Å²) in [7, 11) is -2.04. The smallest absolute Gasteiger partial charge is 0.342 e. The fraction of sp³-hybridized carbons (Fsp3) is 0.909. The lowest BCUT2D eigenvalue weighted by atomic mass is 10.1. The number of carboxylic acid groups (broad SMARTS) is 1. The SMILES string of the molecule is CC(C)(C)[Si](C)(C)ONN1CCC[C@@]1(NO)C(=O)O. The molecule has 0 saturated carbocycles. The highest BCUT2D eigenvalue weighted by Gasteiger charge is 2.49. The van der Waals surface area contributed by atoms with Gasteiger partial charge in [-0.1, -0.05) is 20.8 Å². The molecule has 1 atom stereocenters. The summed E-state index contributed by atoms with van der Waals surface area (Å²) in [6, 6.07) is 0. The van der Waals surface area contributed by atoms with Gasteiger partial charge >= 0.3 is 5.97 Å². The topological polar surface area (TPSA) is 94.1 Å². The van der Waals surface area contributed by atoms with E-state index in [0.29, 0.717) is 19.4 Å². The van der Waals surface area contributed by atoms with E-state index < -0.39 is 19.9 Å². The largest absolute Gasteiger partial charge is 0.479 e. The summed E-state index contributed by atoms with van der Waals surface area (Å²) in [6.07, 6.45) is 0.973. The minimum Gasteiger partial charge on any atom is -0.479 e. The van der Waals surface area contributed by atoms with Gasteiger partial charge in [-0.2, -0.15) is 10.5 Å². The minimum absolute atomic E-state index is 0.0122. The van der Waals surface area contributed by atoms with Gasteiger partial charge in [-0.15, -0.1) is 5.59 Å². The van der Waals surface area contributed by atoms with E-state index in [9.17, 15) is 15.1 Å². The van der Waals surface area contributed by atoms with Crippen LogP contribution < -0.4 is 11.1 Å². The van der Waals surface area contributed by atoms with Crippen molar-refractivity contribution >= 4 is 14.3 Å². The van der Waals surface area contributed by atoms with E-state index in [1.807, 2.05) is 5.48 Å². The second-order valence-corrected chi connectivity index (χ2v) is 11.2. The lowest BCUT2D eigenvalue weighted by Crippen LogP contribution is -2.65. The lowest BCUT2D eigenvalue weighted by molar-refractivity contribution is -0.175. The Labute approximate surface area is 114 Å². The van der Waals surface area contributed by atoms with Crippen molar-refractivity contribution in [1.82, 2.24) is 16.1 Å². The van der Waals surface area contributed by atoms with Crippen LogP contribution in [0.5, 0.6) is 0 Å². The van der Waals surface area contributed by atoms with Crippen LogP contribution in [-0.4, -0.2) is 41.8 Å². The summed E-state index contributed by atoms with van der Waals surface area (Å²) in [5.74, 6) is -1.13. The third-order valence-corrected chi connectivity index (χ3v) is 8.35. The lowest BCUT2D eigenvalue weighted by Gasteiger charge is -2.39. The van der Waals surface area contributed by atoms with Gasteiger partial charge in [0.05, 0.1) is 0 Å². The number of nitrogens with one attached hydrogen (secondary N) is 2. The van der Waals surface area contributed by atoms with Crippen LogP contribution in [0.3, 0.4) is 0 Å². The predicted octanol–water partition coefficient (Wildman–Crippen LogP) is 1.28. The summed E-state index contributed by atoms with van der Waals surface area (Å²) in [5, 5.41) is 19.9. The zero-order valence-corrected chi connectivity index (χ0v) is 13.3. The maximum absolute atomic E-state index is 11.3. The maximum atomic E-state index is 11.3. The van der Waals surface area contributed by atoms with E-state index in [1.165, 1.54) is 5.01 Å². The number of hydroxylamine groups is 1. The Morgan fingerprint density at radius 3 is 2.42 bits per heavy atom. The number of carboxylic acids is 1. The monoisotopic (exact) mass is 291 g/mol. The third kappa shape index (κ3) is 3.15. The first-order chi connectivity index (χ1) is 8.57. The van der Waals surface area contributed by atoms with Gasteiger partial charge in [-0.25, -0.2) is 4.79 Å². The van der Waals surface area contributed by atoms with Crippen LogP contribution in [0.4, 0.5) is 0 Å². The molecule has 1 heterocycles. The molecule has 8 heteroatoms. The van der Waals surface area contributed by atoms with Gasteiger partial charge in [0.1, 0.15) is 0 Å². The van der Waals surface area contributed by atoms with Crippen molar-refractivity contribution in [3.8, 4) is 0 Å². The van der Waals surface area contributed by atoms with E-state index in [-0.39, 0.29) is 5.04 Å². The molecule has 0 spiro atoms. The second kappa shape index (κ2) is 5.47. The molecule has 0 unspecified atom stereocenters. The fourth-order valence-electron chi connectivity index (χ4n) is 1.65. The number of rotatable bonds is 5. The van der Waals surface area contributed by atoms with E-state index in [2.05, 4.69) is 39.5 Å². The van der Waals surface area contributed by atoms with Gasteiger partial charge in [0, 0.05) is 6.54 Å². The molecule has 0 radical (unpaired) electrons. The van der Waals surface area contributed by atoms with E-state index in [1.54, 1.807) is 0 Å². The molecule has 0 aromatic carbocycles. The molecule has 0 amide bonds. The zero-order chi connectivity index (χ0) is 14.9. The summed E-state index contributed by atoms with van der Waals surface area (Å²) in [6.45, 7) is 10.9. The molecule has 0 aromatic heterocycles. The standard InChI is InChI=1S/C11H25N3O4Si/c1-10(2,3)19(4,5)18-13-14-8-6-7-11(14,12-17)9(15)16/h12-13,17H,6-8H2,1-5H3,(H,15,16)/t11-/m0/s1. The maximum Gasteiger partial charge on any atom is 0.342 e. The highest BCUT2D eigenvalue weighted by Crippen LogP contribution is 2.36. The molecule has 1 aliphatic rings. The van der Waals surface area contributed by atoms with Crippen LogP contribution in [0.15, 0.2) is 0 Å². The zero-order valence-electron chi connectivity index (χ0n) is 12.3. The van der Waals surface area contributed by atoms with Crippen molar-refractivity contribution in [3.63, 3.8) is 0 Å². The Balaban J connectivity index is 2.75. The van der Waals surface area contributed by atoms with Crippen molar-refractivity contribution in [2.45, 2.75) is 57.4 Å². The van der Waals surface area contributed by atoms with Crippen molar-refractivity contribution in [3.05, 3.63) is 0 Å². The quantitative estimate of drug-likeness (QED) is 0.448. The van der Waals surface area contributed by atoms with Crippen molar-refractivity contribution in [2.24, 2.45) is 0 Å². The van der Waals surface area contributed by atoms with Crippen LogP contribution >= 0.6 is 0 Å². The van der Waals surface area contributed by atoms with Gasteiger partial charge in [0.25, 0.3) is 0 Å². The number of carbonyl (C=O) groups is 1. The molecular formula is C11H25N3O4Si. The van der Waals surface area contributed by atoms with E-state index >= 15 is 0 Å². The summed E-state index contributed by atoms with van der Waals surface area (Å²) in [5.41, 5.74) is 3.13. The Kier molecular flexibility index (Phi) is 4.76. The first-order valence-corrected chi connectivity index (χ1v) is 9.33. The average molecular weight is 291 g/mol. The molecule has 1 aliphatic heterocycles. The summed E-state index contributed by atoms with van der Waals surface area (Å²) in [4.78, 5) is 11.3. The molecule has 4 N–H and O–H groups in total. The Morgan fingerprint density at radius 2 is 2.00 bits per heavy atom. The number of hydrogen-bond acceptors (Lipinski definition) is 6. The molecule has 1 rings (SSSR count). The predicted molar refractivity (Wildman–Crippen MR) is 72.6 cm³/mol. The number of hydrogen-bond donors (Lipinski definition) is 4. The van der Waals surface area contributed by atoms with Crippen LogP contribution in [0.2, 0.25) is 18.1 Å². The van der Waals surface area contributed by atoms with Gasteiger partial charge in [0.15, 0.2) is 0 Å². The molecular weight excluding hydrogens is 266 g/mol. The average Bonchev–Trinajstić information content (AvgIpc) is 2.68. The summed E-state index contributed by atoms with van der Waals surface area (Å²) >= 11 is 0. The Hall–Kier alpha value is -0.513. The van der Waals surface area contributed by atoms with Gasteiger partial charge in [0.2, 0.25) is 14.0 Å².